The van der Waals surface area contributed by atoms with Gasteiger partial charge in [-0.05, 0) is 25.0 Å². The lowest BCUT2D eigenvalue weighted by molar-refractivity contribution is 0.372. The van der Waals surface area contributed by atoms with Crippen LogP contribution in [0.1, 0.15) is 31.5 Å². The normalized spacial score (nSPS) is 16.9. The zero-order chi connectivity index (χ0) is 13.5. The third-order valence-electron chi connectivity index (χ3n) is 3.48. The molecule has 0 aliphatic heterocycles. The first kappa shape index (κ1) is 14.9. The molecule has 1 heterocycles. The van der Waals surface area contributed by atoms with Crippen molar-refractivity contribution in [1.82, 2.24) is 10.1 Å². The molecule has 0 atom stereocenters. The molecule has 1 saturated carbocycles. The van der Waals surface area contributed by atoms with Crippen molar-refractivity contribution in [2.45, 2.75) is 31.2 Å². The van der Waals surface area contributed by atoms with Gasteiger partial charge in [-0.1, -0.05) is 18.0 Å². The molecule has 0 spiro atoms. The summed E-state index contributed by atoms with van der Waals surface area (Å²) in [6.07, 6.45) is 3.64. The Morgan fingerprint density at radius 3 is 2.30 bits per heavy atom. The standard InChI is InChI=1S/C13H13F2N3O.ClH/c14-9-5-8(6-10(15)7-9)11-17-12(18-19-11)13(16)3-1-2-4-13;/h5-7H,1-4,16H2;1H. The molecule has 108 valence electrons. The highest BCUT2D eigenvalue weighted by Gasteiger charge is 2.36. The molecule has 1 aromatic carbocycles. The van der Waals surface area contributed by atoms with Crippen LogP contribution in [0.5, 0.6) is 0 Å². The smallest absolute Gasteiger partial charge is 0.258 e. The average molecular weight is 302 g/mol. The maximum atomic E-state index is 13.1. The Balaban J connectivity index is 0.00000147. The van der Waals surface area contributed by atoms with E-state index in [0.29, 0.717) is 5.82 Å². The molecule has 1 aliphatic carbocycles. The summed E-state index contributed by atoms with van der Waals surface area (Å²) >= 11 is 0. The highest BCUT2D eigenvalue weighted by Crippen LogP contribution is 2.35. The van der Waals surface area contributed by atoms with Crippen molar-refractivity contribution in [2.24, 2.45) is 5.73 Å². The Morgan fingerprint density at radius 1 is 1.10 bits per heavy atom. The van der Waals surface area contributed by atoms with Crippen molar-refractivity contribution < 1.29 is 13.3 Å². The maximum Gasteiger partial charge on any atom is 0.258 e. The van der Waals surface area contributed by atoms with E-state index in [0.717, 1.165) is 43.9 Å². The van der Waals surface area contributed by atoms with Gasteiger partial charge in [0.2, 0.25) is 0 Å². The lowest BCUT2D eigenvalue weighted by atomic mass is 9.99. The van der Waals surface area contributed by atoms with Crippen LogP contribution in [0.15, 0.2) is 22.7 Å². The van der Waals surface area contributed by atoms with Crippen molar-refractivity contribution in [1.29, 1.82) is 0 Å². The fourth-order valence-corrected chi connectivity index (χ4v) is 2.45. The van der Waals surface area contributed by atoms with Crippen molar-refractivity contribution in [3.8, 4) is 11.5 Å². The van der Waals surface area contributed by atoms with Gasteiger partial charge in [-0.15, -0.1) is 12.4 Å². The van der Waals surface area contributed by atoms with E-state index in [9.17, 15) is 8.78 Å². The molecular weight excluding hydrogens is 288 g/mol. The Kier molecular flexibility index (Phi) is 4.06. The first-order valence-corrected chi connectivity index (χ1v) is 6.16. The van der Waals surface area contributed by atoms with E-state index in [-0.39, 0.29) is 23.9 Å². The second kappa shape index (κ2) is 5.46. The molecular formula is C13H14ClF2N3O. The molecule has 0 saturated heterocycles. The molecule has 4 nitrogen and oxygen atoms in total. The van der Waals surface area contributed by atoms with E-state index in [1.54, 1.807) is 0 Å². The Hall–Kier alpha value is -1.53. The summed E-state index contributed by atoms with van der Waals surface area (Å²) in [5.41, 5.74) is 5.84. The van der Waals surface area contributed by atoms with Crippen LogP contribution < -0.4 is 5.73 Å². The fourth-order valence-electron chi connectivity index (χ4n) is 2.45. The zero-order valence-electron chi connectivity index (χ0n) is 10.6. The lowest BCUT2D eigenvalue weighted by Crippen LogP contribution is -2.34. The van der Waals surface area contributed by atoms with Crippen molar-refractivity contribution in [3.05, 3.63) is 35.7 Å². The van der Waals surface area contributed by atoms with Crippen LogP contribution in [0, 0.1) is 11.6 Å². The number of nitrogens with zero attached hydrogens (tertiary/aromatic N) is 2. The van der Waals surface area contributed by atoms with Gasteiger partial charge in [0.15, 0.2) is 5.82 Å². The van der Waals surface area contributed by atoms with Gasteiger partial charge in [0.25, 0.3) is 5.89 Å². The maximum absolute atomic E-state index is 13.1. The highest BCUT2D eigenvalue weighted by molar-refractivity contribution is 5.85. The minimum Gasteiger partial charge on any atom is -0.334 e. The van der Waals surface area contributed by atoms with Crippen LogP contribution in [0.25, 0.3) is 11.5 Å². The topological polar surface area (TPSA) is 64.9 Å². The summed E-state index contributed by atoms with van der Waals surface area (Å²) < 4.78 is 31.3. The number of hydrogen-bond donors (Lipinski definition) is 1. The number of rotatable bonds is 2. The van der Waals surface area contributed by atoms with Gasteiger partial charge in [-0.2, -0.15) is 4.98 Å². The number of aromatic nitrogens is 2. The third-order valence-corrected chi connectivity index (χ3v) is 3.48. The number of nitrogens with two attached hydrogens (primary N) is 1. The molecule has 20 heavy (non-hydrogen) atoms. The number of halogens is 3. The molecule has 0 bridgehead atoms. The Bertz CT molecular complexity index is 591. The van der Waals surface area contributed by atoms with Crippen LogP contribution in [0.4, 0.5) is 8.78 Å². The third kappa shape index (κ3) is 2.66. The second-order valence-electron chi connectivity index (χ2n) is 4.94. The quantitative estimate of drug-likeness (QED) is 0.925. The largest absolute Gasteiger partial charge is 0.334 e. The van der Waals surface area contributed by atoms with Gasteiger partial charge in [-0.3, -0.25) is 0 Å². The van der Waals surface area contributed by atoms with Gasteiger partial charge in [0.05, 0.1) is 5.54 Å². The van der Waals surface area contributed by atoms with Crippen molar-refractivity contribution >= 4 is 12.4 Å². The first-order chi connectivity index (χ1) is 9.07. The Morgan fingerprint density at radius 2 is 1.70 bits per heavy atom. The molecule has 1 aromatic heterocycles. The molecule has 2 aromatic rings. The summed E-state index contributed by atoms with van der Waals surface area (Å²) in [5, 5.41) is 3.85. The van der Waals surface area contributed by atoms with Gasteiger partial charge < -0.3 is 10.3 Å². The van der Waals surface area contributed by atoms with Crippen molar-refractivity contribution in [3.63, 3.8) is 0 Å². The molecule has 7 heteroatoms. The molecule has 0 radical (unpaired) electrons. The van der Waals surface area contributed by atoms with Crippen LogP contribution in [-0.4, -0.2) is 10.1 Å². The number of hydrogen-bond acceptors (Lipinski definition) is 4. The molecule has 3 rings (SSSR count). The Labute approximate surface area is 120 Å². The van der Waals surface area contributed by atoms with Crippen LogP contribution in [-0.2, 0) is 5.54 Å². The van der Waals surface area contributed by atoms with E-state index < -0.39 is 17.2 Å². The summed E-state index contributed by atoms with van der Waals surface area (Å²) in [4.78, 5) is 4.18. The van der Waals surface area contributed by atoms with E-state index in [4.69, 9.17) is 10.3 Å². The molecule has 1 aliphatic rings. The van der Waals surface area contributed by atoms with E-state index >= 15 is 0 Å². The summed E-state index contributed by atoms with van der Waals surface area (Å²) in [6, 6.07) is 3.10. The van der Waals surface area contributed by atoms with Crippen molar-refractivity contribution in [2.75, 3.05) is 0 Å². The van der Waals surface area contributed by atoms with E-state index in [1.165, 1.54) is 0 Å². The monoisotopic (exact) mass is 301 g/mol. The van der Waals surface area contributed by atoms with Gasteiger partial charge in [0, 0.05) is 11.6 Å². The van der Waals surface area contributed by atoms with Gasteiger partial charge >= 0.3 is 0 Å². The van der Waals surface area contributed by atoms with Crippen LogP contribution in [0.2, 0.25) is 0 Å². The number of benzene rings is 1. The lowest BCUT2D eigenvalue weighted by Gasteiger charge is -2.17. The predicted octanol–water partition coefficient (Wildman–Crippen LogP) is 3.16. The highest BCUT2D eigenvalue weighted by atomic mass is 35.5. The minimum absolute atomic E-state index is 0. The molecule has 1 fully saturated rings. The van der Waals surface area contributed by atoms with Gasteiger partial charge in [-0.25, -0.2) is 8.78 Å². The van der Waals surface area contributed by atoms with E-state index in [1.807, 2.05) is 0 Å². The predicted molar refractivity (Wildman–Crippen MR) is 71.2 cm³/mol. The summed E-state index contributed by atoms with van der Waals surface area (Å²) in [7, 11) is 0. The summed E-state index contributed by atoms with van der Waals surface area (Å²) in [5.74, 6) is -0.869. The summed E-state index contributed by atoms with van der Waals surface area (Å²) in [6.45, 7) is 0. The van der Waals surface area contributed by atoms with Crippen LogP contribution >= 0.6 is 12.4 Å². The van der Waals surface area contributed by atoms with E-state index in [2.05, 4.69) is 10.1 Å². The molecule has 0 amide bonds. The fraction of sp³-hybridized carbons (Fsp3) is 0.385. The molecule has 0 unspecified atom stereocenters. The van der Waals surface area contributed by atoms with Crippen LogP contribution in [0.3, 0.4) is 0 Å². The minimum atomic E-state index is -0.682. The SMILES string of the molecule is Cl.NC1(c2noc(-c3cc(F)cc(F)c3)n2)CCCC1. The molecule has 2 N–H and O–H groups in total. The average Bonchev–Trinajstić information content (AvgIpc) is 2.96. The first-order valence-electron chi connectivity index (χ1n) is 6.16. The second-order valence-corrected chi connectivity index (χ2v) is 4.94. The zero-order valence-corrected chi connectivity index (χ0v) is 11.4. The van der Waals surface area contributed by atoms with Gasteiger partial charge in [0.1, 0.15) is 11.6 Å².